The normalized spacial score (nSPS) is 12.1. The zero-order valence-electron chi connectivity index (χ0n) is 14.1. The summed E-state index contributed by atoms with van der Waals surface area (Å²) in [6.07, 6.45) is 9.28. The SMILES string of the molecule is C#CCN(C)C(C)Cc1ccc(OC/C=C/C(=O)OCC)cc1. The number of hydrogen-bond donors (Lipinski definition) is 0. The minimum absolute atomic E-state index is 0.333. The summed E-state index contributed by atoms with van der Waals surface area (Å²) < 4.78 is 10.3. The summed E-state index contributed by atoms with van der Waals surface area (Å²) in [5.41, 5.74) is 1.23. The van der Waals surface area contributed by atoms with Crippen LogP contribution in [0, 0.1) is 12.3 Å². The number of carbonyl (C=O) groups excluding carboxylic acids is 1. The van der Waals surface area contributed by atoms with Crippen molar-refractivity contribution in [2.45, 2.75) is 26.3 Å². The number of nitrogens with zero attached hydrogens (tertiary/aromatic N) is 1. The molecule has 0 saturated carbocycles. The predicted octanol–water partition coefficient (Wildman–Crippen LogP) is 2.68. The molecule has 1 atom stereocenters. The molecule has 124 valence electrons. The molecule has 1 rings (SSSR count). The molecule has 23 heavy (non-hydrogen) atoms. The number of likely N-dealkylation sites (N-methyl/N-ethyl adjacent to an activating group) is 1. The Bertz CT molecular complexity index is 543. The Morgan fingerprint density at radius 3 is 2.70 bits per heavy atom. The molecule has 0 fully saturated rings. The lowest BCUT2D eigenvalue weighted by atomic mass is 10.1. The van der Waals surface area contributed by atoms with Gasteiger partial charge < -0.3 is 9.47 Å². The summed E-state index contributed by atoms with van der Waals surface area (Å²) in [5.74, 6) is 3.07. The van der Waals surface area contributed by atoms with Crippen LogP contribution in [-0.2, 0) is 16.0 Å². The van der Waals surface area contributed by atoms with Crippen LogP contribution >= 0.6 is 0 Å². The summed E-state index contributed by atoms with van der Waals surface area (Å²) in [4.78, 5) is 13.3. The van der Waals surface area contributed by atoms with E-state index in [0.29, 0.717) is 25.8 Å². The van der Waals surface area contributed by atoms with Gasteiger partial charge in [-0.1, -0.05) is 18.1 Å². The van der Waals surface area contributed by atoms with Crippen molar-refractivity contribution < 1.29 is 14.3 Å². The molecule has 0 N–H and O–H groups in total. The predicted molar refractivity (Wildman–Crippen MR) is 92.3 cm³/mol. The molecule has 1 aromatic carbocycles. The van der Waals surface area contributed by atoms with E-state index in [1.54, 1.807) is 13.0 Å². The summed E-state index contributed by atoms with van der Waals surface area (Å²) in [7, 11) is 2.03. The maximum absolute atomic E-state index is 11.1. The lowest BCUT2D eigenvalue weighted by molar-refractivity contribution is -0.137. The van der Waals surface area contributed by atoms with Crippen molar-refractivity contribution in [3.63, 3.8) is 0 Å². The van der Waals surface area contributed by atoms with E-state index in [-0.39, 0.29) is 5.97 Å². The molecular weight excluding hydrogens is 290 g/mol. The molecule has 0 aliphatic heterocycles. The maximum Gasteiger partial charge on any atom is 0.330 e. The van der Waals surface area contributed by atoms with Crippen molar-refractivity contribution in [2.24, 2.45) is 0 Å². The molecule has 0 bridgehead atoms. The van der Waals surface area contributed by atoms with Gasteiger partial charge in [0.05, 0.1) is 13.2 Å². The maximum atomic E-state index is 11.1. The first-order valence-electron chi connectivity index (χ1n) is 7.75. The van der Waals surface area contributed by atoms with E-state index in [9.17, 15) is 4.79 Å². The Balaban J connectivity index is 2.42. The molecule has 1 aromatic rings. The average Bonchev–Trinajstić information content (AvgIpc) is 2.53. The van der Waals surface area contributed by atoms with Gasteiger partial charge in [0.15, 0.2) is 0 Å². The zero-order valence-corrected chi connectivity index (χ0v) is 14.1. The quantitative estimate of drug-likeness (QED) is 0.399. The third-order valence-electron chi connectivity index (χ3n) is 3.43. The van der Waals surface area contributed by atoms with Crippen molar-refractivity contribution in [3.05, 3.63) is 42.0 Å². The van der Waals surface area contributed by atoms with Crippen LogP contribution in [0.3, 0.4) is 0 Å². The van der Waals surface area contributed by atoms with Gasteiger partial charge in [-0.3, -0.25) is 4.90 Å². The Morgan fingerprint density at radius 2 is 2.09 bits per heavy atom. The van der Waals surface area contributed by atoms with E-state index in [2.05, 4.69) is 17.7 Å². The Morgan fingerprint density at radius 1 is 1.39 bits per heavy atom. The van der Waals surface area contributed by atoms with Crippen LogP contribution < -0.4 is 4.74 Å². The highest BCUT2D eigenvalue weighted by atomic mass is 16.5. The molecule has 0 amide bonds. The minimum atomic E-state index is -0.350. The van der Waals surface area contributed by atoms with Gasteiger partial charge in [-0.2, -0.15) is 0 Å². The molecule has 0 spiro atoms. The van der Waals surface area contributed by atoms with Crippen LogP contribution in [0.5, 0.6) is 5.75 Å². The molecule has 1 unspecified atom stereocenters. The average molecular weight is 315 g/mol. The third kappa shape index (κ3) is 7.53. The van der Waals surface area contributed by atoms with Crippen molar-refractivity contribution >= 4 is 5.97 Å². The van der Waals surface area contributed by atoms with E-state index >= 15 is 0 Å². The van der Waals surface area contributed by atoms with Gasteiger partial charge in [0, 0.05) is 12.1 Å². The second-order valence-electron chi connectivity index (χ2n) is 5.28. The van der Waals surface area contributed by atoms with Crippen LogP contribution in [0.4, 0.5) is 0 Å². The van der Waals surface area contributed by atoms with Gasteiger partial charge in [-0.15, -0.1) is 6.42 Å². The van der Waals surface area contributed by atoms with Crippen LogP contribution in [0.1, 0.15) is 19.4 Å². The van der Waals surface area contributed by atoms with Gasteiger partial charge in [-0.25, -0.2) is 4.79 Å². The van der Waals surface area contributed by atoms with E-state index in [0.717, 1.165) is 12.2 Å². The highest BCUT2D eigenvalue weighted by molar-refractivity contribution is 5.81. The number of rotatable bonds is 9. The molecule has 0 heterocycles. The van der Waals surface area contributed by atoms with Crippen molar-refractivity contribution in [1.29, 1.82) is 0 Å². The standard InChI is InChI=1S/C19H25NO3/c1-5-13-20(4)16(3)15-17-9-11-18(12-10-17)23-14-7-8-19(21)22-6-2/h1,7-12,16H,6,13-15H2,2-4H3/b8-7+. The largest absolute Gasteiger partial charge is 0.490 e. The summed E-state index contributed by atoms with van der Waals surface area (Å²) in [5, 5.41) is 0. The first-order valence-corrected chi connectivity index (χ1v) is 7.75. The molecule has 4 nitrogen and oxygen atoms in total. The van der Waals surface area contributed by atoms with Gasteiger partial charge >= 0.3 is 5.97 Å². The fourth-order valence-electron chi connectivity index (χ4n) is 2.00. The van der Waals surface area contributed by atoms with Gasteiger partial charge in [0.2, 0.25) is 0 Å². The van der Waals surface area contributed by atoms with E-state index in [1.807, 2.05) is 31.3 Å². The van der Waals surface area contributed by atoms with Crippen LogP contribution in [-0.4, -0.2) is 43.7 Å². The zero-order chi connectivity index (χ0) is 17.1. The fourth-order valence-corrected chi connectivity index (χ4v) is 2.00. The Kier molecular flexibility index (Phi) is 8.56. The molecular formula is C19H25NO3. The summed E-state index contributed by atoms with van der Waals surface area (Å²) in [6.45, 7) is 5.28. The van der Waals surface area contributed by atoms with E-state index < -0.39 is 0 Å². The van der Waals surface area contributed by atoms with E-state index in [1.165, 1.54) is 11.6 Å². The summed E-state index contributed by atoms with van der Waals surface area (Å²) >= 11 is 0. The van der Waals surface area contributed by atoms with E-state index in [4.69, 9.17) is 15.9 Å². The lowest BCUT2D eigenvalue weighted by Crippen LogP contribution is -2.31. The highest BCUT2D eigenvalue weighted by Gasteiger charge is 2.08. The van der Waals surface area contributed by atoms with Crippen molar-refractivity contribution in [2.75, 3.05) is 26.8 Å². The molecule has 0 aliphatic carbocycles. The molecule has 0 aromatic heterocycles. The number of ether oxygens (including phenoxy) is 2. The number of terminal acetylenes is 1. The monoisotopic (exact) mass is 315 g/mol. The fraction of sp³-hybridized carbons (Fsp3) is 0.421. The summed E-state index contributed by atoms with van der Waals surface area (Å²) in [6, 6.07) is 8.34. The van der Waals surface area contributed by atoms with Crippen molar-refractivity contribution in [1.82, 2.24) is 4.90 Å². The molecule has 0 aliphatic rings. The highest BCUT2D eigenvalue weighted by Crippen LogP contribution is 2.14. The first-order chi connectivity index (χ1) is 11.1. The van der Waals surface area contributed by atoms with Crippen LogP contribution in [0.25, 0.3) is 0 Å². The topological polar surface area (TPSA) is 38.8 Å². The molecule has 4 heteroatoms. The number of carbonyl (C=O) groups is 1. The number of esters is 1. The second-order valence-corrected chi connectivity index (χ2v) is 5.28. The van der Waals surface area contributed by atoms with Crippen LogP contribution in [0.15, 0.2) is 36.4 Å². The smallest absolute Gasteiger partial charge is 0.330 e. The number of benzene rings is 1. The van der Waals surface area contributed by atoms with Gasteiger partial charge in [0.1, 0.15) is 12.4 Å². The molecule has 0 radical (unpaired) electrons. The van der Waals surface area contributed by atoms with Gasteiger partial charge in [-0.05, 0) is 51.1 Å². The van der Waals surface area contributed by atoms with Gasteiger partial charge in [0.25, 0.3) is 0 Å². The Hall–Kier alpha value is -2.25. The van der Waals surface area contributed by atoms with Crippen LogP contribution in [0.2, 0.25) is 0 Å². The third-order valence-corrected chi connectivity index (χ3v) is 3.43. The number of hydrogen-bond acceptors (Lipinski definition) is 4. The first kappa shape index (κ1) is 18.8. The minimum Gasteiger partial charge on any atom is -0.490 e. The van der Waals surface area contributed by atoms with Crippen molar-refractivity contribution in [3.8, 4) is 18.1 Å². The molecule has 0 saturated heterocycles. The Labute approximate surface area is 139 Å². The second kappa shape index (κ2) is 10.5. The lowest BCUT2D eigenvalue weighted by Gasteiger charge is -2.22.